The Morgan fingerprint density at radius 3 is 2.39 bits per heavy atom. The van der Waals surface area contributed by atoms with Gasteiger partial charge in [0.1, 0.15) is 0 Å². The number of amides is 1. The first kappa shape index (κ1) is 20.7. The number of carbonyl (C=O) groups is 1. The zero-order valence-electron chi connectivity index (χ0n) is 15.1. The van der Waals surface area contributed by atoms with E-state index in [9.17, 15) is 4.79 Å². The summed E-state index contributed by atoms with van der Waals surface area (Å²) in [5, 5.41) is 0. The molecule has 0 aromatic rings. The molecular weight excluding hydrogens is 312 g/mol. The van der Waals surface area contributed by atoms with E-state index in [0.29, 0.717) is 6.04 Å². The molecule has 2 heterocycles. The van der Waals surface area contributed by atoms with Crippen molar-refractivity contribution in [3.63, 3.8) is 0 Å². The number of piperidine rings is 1. The summed E-state index contributed by atoms with van der Waals surface area (Å²) in [5.41, 5.74) is 5.50. The topological polar surface area (TPSA) is 52.8 Å². The second kappa shape index (κ2) is 9.21. The maximum Gasteiger partial charge on any atom is 0.242 e. The molecule has 1 amide bonds. The van der Waals surface area contributed by atoms with E-state index in [4.69, 9.17) is 5.73 Å². The third-order valence-electron chi connectivity index (χ3n) is 5.31. The Labute approximate surface area is 148 Å². The van der Waals surface area contributed by atoms with E-state index in [-0.39, 0.29) is 18.3 Å². The largest absolute Gasteiger partial charge is 0.339 e. The first-order valence-corrected chi connectivity index (χ1v) is 8.95. The van der Waals surface area contributed by atoms with Crippen molar-refractivity contribution in [2.75, 3.05) is 46.3 Å². The third-order valence-corrected chi connectivity index (χ3v) is 5.31. The number of hydrogen-bond acceptors (Lipinski definition) is 4. The summed E-state index contributed by atoms with van der Waals surface area (Å²) in [6.07, 6.45) is 5.72. The molecule has 2 atom stereocenters. The Kier molecular flexibility index (Phi) is 8.28. The number of carbonyl (C=O) groups excluding carboxylic acids is 1. The molecule has 0 radical (unpaired) electrons. The van der Waals surface area contributed by atoms with Crippen LogP contribution in [0.2, 0.25) is 0 Å². The van der Waals surface area contributed by atoms with Gasteiger partial charge in [0, 0.05) is 38.8 Å². The lowest BCUT2D eigenvalue weighted by atomic mass is 9.95. The minimum absolute atomic E-state index is 0. The van der Waals surface area contributed by atoms with Gasteiger partial charge in [-0.05, 0) is 39.8 Å². The van der Waals surface area contributed by atoms with Crippen molar-refractivity contribution in [2.45, 2.75) is 57.5 Å². The van der Waals surface area contributed by atoms with Crippen LogP contribution in [0.4, 0.5) is 0 Å². The average Bonchev–Trinajstić information content (AvgIpc) is 2.49. The van der Waals surface area contributed by atoms with Gasteiger partial charge in [-0.25, -0.2) is 0 Å². The highest BCUT2D eigenvalue weighted by molar-refractivity contribution is 5.86. The van der Waals surface area contributed by atoms with E-state index >= 15 is 0 Å². The predicted molar refractivity (Wildman–Crippen MR) is 98.0 cm³/mol. The number of halogens is 1. The second-order valence-electron chi connectivity index (χ2n) is 7.39. The molecular formula is C17H35ClN4O. The molecule has 2 rings (SSSR count). The lowest BCUT2D eigenvalue weighted by molar-refractivity contribution is -0.138. The molecule has 0 aliphatic carbocycles. The zero-order valence-corrected chi connectivity index (χ0v) is 15.9. The fraction of sp³-hybridized carbons (Fsp3) is 0.941. The van der Waals surface area contributed by atoms with Crippen LogP contribution in [0.25, 0.3) is 0 Å². The van der Waals surface area contributed by atoms with Crippen LogP contribution >= 0.6 is 12.4 Å². The summed E-state index contributed by atoms with van der Waals surface area (Å²) in [6.45, 7) is 9.95. The van der Waals surface area contributed by atoms with E-state index in [1.807, 2.05) is 11.8 Å². The first-order valence-electron chi connectivity index (χ1n) is 8.95. The van der Waals surface area contributed by atoms with Crippen LogP contribution in [0.3, 0.4) is 0 Å². The summed E-state index contributed by atoms with van der Waals surface area (Å²) >= 11 is 0. The maximum absolute atomic E-state index is 12.5. The van der Waals surface area contributed by atoms with E-state index < -0.39 is 5.54 Å². The van der Waals surface area contributed by atoms with Crippen LogP contribution < -0.4 is 5.73 Å². The molecule has 2 aliphatic heterocycles. The van der Waals surface area contributed by atoms with Gasteiger partial charge in [-0.3, -0.25) is 9.69 Å². The number of hydrogen-bond donors (Lipinski definition) is 1. The normalized spacial score (nSPS) is 26.4. The Morgan fingerprint density at radius 2 is 1.83 bits per heavy atom. The van der Waals surface area contributed by atoms with Gasteiger partial charge in [0.25, 0.3) is 0 Å². The molecule has 0 spiro atoms. The highest BCUT2D eigenvalue weighted by atomic mass is 35.5. The van der Waals surface area contributed by atoms with Crippen LogP contribution in [0, 0.1) is 0 Å². The summed E-state index contributed by atoms with van der Waals surface area (Å²) < 4.78 is 0. The van der Waals surface area contributed by atoms with Crippen LogP contribution in [0.15, 0.2) is 0 Å². The van der Waals surface area contributed by atoms with Crippen molar-refractivity contribution in [1.82, 2.24) is 14.7 Å². The molecule has 23 heavy (non-hydrogen) atoms. The lowest BCUT2D eigenvalue weighted by Gasteiger charge is -2.41. The van der Waals surface area contributed by atoms with E-state index in [1.54, 1.807) is 0 Å². The Bertz CT molecular complexity index is 370. The Hall–Kier alpha value is -0.360. The van der Waals surface area contributed by atoms with Crippen molar-refractivity contribution in [2.24, 2.45) is 5.73 Å². The number of likely N-dealkylation sites (N-methyl/N-ethyl adjacent to an activating group) is 1. The molecule has 2 aliphatic rings. The summed E-state index contributed by atoms with van der Waals surface area (Å²) in [6, 6.07) is 0.691. The standard InChI is InChI=1S/C17H34N4O.ClH/c1-4-8-17(2,18)16(22)21-12-10-20(11-13-21)14-15-7-5-6-9-19(15)3;/h15H,4-14,18H2,1-3H3;1H. The van der Waals surface area contributed by atoms with Crippen molar-refractivity contribution < 1.29 is 4.79 Å². The minimum atomic E-state index is -0.694. The van der Waals surface area contributed by atoms with Gasteiger partial charge in [0.05, 0.1) is 5.54 Å². The van der Waals surface area contributed by atoms with Gasteiger partial charge >= 0.3 is 0 Å². The van der Waals surface area contributed by atoms with Crippen LogP contribution in [-0.2, 0) is 4.79 Å². The first-order chi connectivity index (χ1) is 10.4. The SMILES string of the molecule is CCCC(C)(N)C(=O)N1CCN(CC2CCCCN2C)CC1.Cl. The van der Waals surface area contributed by atoms with Crippen LogP contribution in [0.1, 0.15) is 46.0 Å². The quantitative estimate of drug-likeness (QED) is 0.820. The average molecular weight is 347 g/mol. The molecule has 2 unspecified atom stereocenters. The number of likely N-dealkylation sites (tertiary alicyclic amines) is 1. The number of rotatable bonds is 5. The summed E-state index contributed by atoms with van der Waals surface area (Å²) in [4.78, 5) is 19.5. The molecule has 0 aromatic carbocycles. The number of nitrogens with zero attached hydrogens (tertiary/aromatic N) is 3. The molecule has 2 fully saturated rings. The van der Waals surface area contributed by atoms with Crippen molar-refractivity contribution >= 4 is 18.3 Å². The van der Waals surface area contributed by atoms with Gasteiger partial charge in [0.2, 0.25) is 5.91 Å². The van der Waals surface area contributed by atoms with Crippen LogP contribution in [-0.4, -0.2) is 78.5 Å². The predicted octanol–water partition coefficient (Wildman–Crippen LogP) is 1.55. The molecule has 0 aromatic heterocycles. The van der Waals surface area contributed by atoms with Crippen molar-refractivity contribution in [1.29, 1.82) is 0 Å². The van der Waals surface area contributed by atoms with E-state index in [0.717, 1.165) is 45.6 Å². The van der Waals surface area contributed by atoms with Gasteiger partial charge < -0.3 is 15.5 Å². The number of piperazine rings is 1. The molecule has 5 nitrogen and oxygen atoms in total. The fourth-order valence-electron chi connectivity index (χ4n) is 3.79. The molecule has 0 saturated carbocycles. The molecule has 6 heteroatoms. The van der Waals surface area contributed by atoms with Gasteiger partial charge in [-0.2, -0.15) is 0 Å². The Balaban J connectivity index is 0.00000264. The van der Waals surface area contributed by atoms with Crippen molar-refractivity contribution in [3.05, 3.63) is 0 Å². The lowest BCUT2D eigenvalue weighted by Crippen LogP contribution is -2.59. The molecule has 2 N–H and O–H groups in total. The highest BCUT2D eigenvalue weighted by Gasteiger charge is 2.34. The smallest absolute Gasteiger partial charge is 0.242 e. The second-order valence-corrected chi connectivity index (χ2v) is 7.39. The Morgan fingerprint density at radius 1 is 1.17 bits per heavy atom. The molecule has 136 valence electrons. The monoisotopic (exact) mass is 346 g/mol. The van der Waals surface area contributed by atoms with Gasteiger partial charge in [-0.1, -0.05) is 19.8 Å². The molecule has 0 bridgehead atoms. The van der Waals surface area contributed by atoms with Gasteiger partial charge in [0.15, 0.2) is 0 Å². The highest BCUT2D eigenvalue weighted by Crippen LogP contribution is 2.18. The minimum Gasteiger partial charge on any atom is -0.339 e. The number of nitrogens with two attached hydrogens (primary N) is 1. The maximum atomic E-state index is 12.5. The van der Waals surface area contributed by atoms with Gasteiger partial charge in [-0.15, -0.1) is 12.4 Å². The summed E-state index contributed by atoms with van der Waals surface area (Å²) in [7, 11) is 2.24. The fourth-order valence-corrected chi connectivity index (χ4v) is 3.79. The van der Waals surface area contributed by atoms with Crippen molar-refractivity contribution in [3.8, 4) is 0 Å². The summed E-state index contributed by atoms with van der Waals surface area (Å²) in [5.74, 6) is 0.129. The zero-order chi connectivity index (χ0) is 16.2. The van der Waals surface area contributed by atoms with Crippen LogP contribution in [0.5, 0.6) is 0 Å². The van der Waals surface area contributed by atoms with E-state index in [2.05, 4.69) is 23.8 Å². The van der Waals surface area contributed by atoms with E-state index in [1.165, 1.54) is 25.8 Å². The third kappa shape index (κ3) is 5.59. The molecule has 2 saturated heterocycles.